The molecule has 92 valence electrons. The molecule has 0 aromatic heterocycles. The minimum absolute atomic E-state index is 0.350. The van der Waals surface area contributed by atoms with Gasteiger partial charge in [0.15, 0.2) is 0 Å². The Labute approximate surface area is 94.6 Å². The van der Waals surface area contributed by atoms with E-state index < -0.39 is 5.60 Å². The van der Waals surface area contributed by atoms with E-state index in [0.717, 1.165) is 25.9 Å². The van der Waals surface area contributed by atoms with E-state index in [1.165, 1.54) is 6.42 Å². The molecule has 0 fully saturated rings. The highest BCUT2D eigenvalue weighted by molar-refractivity contribution is 4.74. The molecule has 0 aliphatic carbocycles. The summed E-state index contributed by atoms with van der Waals surface area (Å²) >= 11 is 0. The quantitative estimate of drug-likeness (QED) is 0.648. The normalized spacial score (nSPS) is 16.0. The highest BCUT2D eigenvalue weighted by atomic mass is 16.3. The van der Waals surface area contributed by atoms with Gasteiger partial charge in [-0.2, -0.15) is 0 Å². The Kier molecular flexibility index (Phi) is 7.14. The molecule has 15 heavy (non-hydrogen) atoms. The number of nitrogens with two attached hydrogens (primary N) is 1. The van der Waals surface area contributed by atoms with Crippen LogP contribution < -0.4 is 5.73 Å². The Hall–Kier alpha value is -0.120. The van der Waals surface area contributed by atoms with Crippen molar-refractivity contribution in [3.05, 3.63) is 0 Å². The maximum absolute atomic E-state index is 9.76. The Morgan fingerprint density at radius 2 is 1.93 bits per heavy atom. The van der Waals surface area contributed by atoms with Crippen molar-refractivity contribution in [3.63, 3.8) is 0 Å². The number of hydrogen-bond acceptors (Lipinski definition) is 3. The zero-order valence-electron chi connectivity index (χ0n) is 10.8. The predicted octanol–water partition coefficient (Wildman–Crippen LogP) is 1.60. The minimum Gasteiger partial charge on any atom is -0.389 e. The molecular weight excluding hydrogens is 188 g/mol. The maximum Gasteiger partial charge on any atom is 0.0741 e. The number of nitrogens with zero attached hydrogens (tertiary/aromatic N) is 1. The molecular formula is C12H28N2O. The second kappa shape index (κ2) is 7.20. The lowest BCUT2D eigenvalue weighted by molar-refractivity contribution is 0.0530. The van der Waals surface area contributed by atoms with Gasteiger partial charge in [-0.1, -0.05) is 6.92 Å². The van der Waals surface area contributed by atoms with Crippen LogP contribution in [0.1, 0.15) is 47.0 Å². The summed E-state index contributed by atoms with van der Waals surface area (Å²) in [5, 5.41) is 9.76. The van der Waals surface area contributed by atoms with Crippen LogP contribution in [0, 0.1) is 0 Å². The first kappa shape index (κ1) is 14.9. The molecule has 3 heteroatoms. The monoisotopic (exact) mass is 216 g/mol. The second-order valence-corrected chi connectivity index (χ2v) is 4.93. The average molecular weight is 216 g/mol. The van der Waals surface area contributed by atoms with Crippen molar-refractivity contribution >= 4 is 0 Å². The van der Waals surface area contributed by atoms with E-state index in [9.17, 15) is 5.11 Å². The van der Waals surface area contributed by atoms with E-state index in [-0.39, 0.29) is 0 Å². The van der Waals surface area contributed by atoms with E-state index >= 15 is 0 Å². The van der Waals surface area contributed by atoms with Gasteiger partial charge in [0.2, 0.25) is 0 Å². The zero-order valence-corrected chi connectivity index (χ0v) is 10.8. The van der Waals surface area contributed by atoms with Gasteiger partial charge in [-0.25, -0.2) is 0 Å². The van der Waals surface area contributed by atoms with Crippen LogP contribution in [-0.2, 0) is 0 Å². The lowest BCUT2D eigenvalue weighted by atomic mass is 10.0. The van der Waals surface area contributed by atoms with Crippen molar-refractivity contribution in [1.29, 1.82) is 0 Å². The molecule has 0 radical (unpaired) electrons. The summed E-state index contributed by atoms with van der Waals surface area (Å²) in [6, 6.07) is 0.591. The van der Waals surface area contributed by atoms with Crippen LogP contribution >= 0.6 is 0 Å². The van der Waals surface area contributed by atoms with E-state index in [0.29, 0.717) is 12.6 Å². The van der Waals surface area contributed by atoms with Crippen molar-refractivity contribution < 1.29 is 5.11 Å². The van der Waals surface area contributed by atoms with Crippen LogP contribution in [0.25, 0.3) is 0 Å². The van der Waals surface area contributed by atoms with Crippen LogP contribution in [0.4, 0.5) is 0 Å². The number of hydrogen-bond donors (Lipinski definition) is 2. The highest BCUT2D eigenvalue weighted by Crippen LogP contribution is 2.11. The van der Waals surface area contributed by atoms with Crippen molar-refractivity contribution in [3.8, 4) is 0 Å². The molecule has 0 aliphatic heterocycles. The van der Waals surface area contributed by atoms with Gasteiger partial charge in [-0.15, -0.1) is 0 Å². The lowest BCUT2D eigenvalue weighted by Crippen LogP contribution is -2.37. The molecule has 0 saturated carbocycles. The van der Waals surface area contributed by atoms with Gasteiger partial charge < -0.3 is 15.7 Å². The Bertz CT molecular complexity index is 158. The van der Waals surface area contributed by atoms with Crippen LogP contribution in [0.2, 0.25) is 0 Å². The van der Waals surface area contributed by atoms with Crippen molar-refractivity contribution in [2.75, 3.05) is 19.6 Å². The second-order valence-electron chi connectivity index (χ2n) is 4.93. The fourth-order valence-corrected chi connectivity index (χ4v) is 1.68. The van der Waals surface area contributed by atoms with Gasteiger partial charge in [0, 0.05) is 12.6 Å². The summed E-state index contributed by atoms with van der Waals surface area (Å²) in [6.45, 7) is 11.0. The smallest absolute Gasteiger partial charge is 0.0741 e. The molecule has 3 nitrogen and oxygen atoms in total. The zero-order chi connectivity index (χ0) is 11.9. The van der Waals surface area contributed by atoms with Gasteiger partial charge in [0.25, 0.3) is 0 Å². The Balaban J connectivity index is 3.80. The topological polar surface area (TPSA) is 49.5 Å². The van der Waals surface area contributed by atoms with Crippen LogP contribution in [-0.4, -0.2) is 41.3 Å². The molecule has 0 rings (SSSR count). The average Bonchev–Trinajstić information content (AvgIpc) is 2.16. The molecule has 0 saturated heterocycles. The standard InChI is InChI=1S/C12H28N2O/c1-5-8-14(11(2)3)9-6-7-12(4,15)10-13/h11,15H,5-10,13H2,1-4H3. The fraction of sp³-hybridized carbons (Fsp3) is 1.00. The Morgan fingerprint density at radius 1 is 1.33 bits per heavy atom. The number of aliphatic hydroxyl groups is 1. The van der Waals surface area contributed by atoms with Crippen LogP contribution in [0.15, 0.2) is 0 Å². The first-order valence-corrected chi connectivity index (χ1v) is 6.09. The van der Waals surface area contributed by atoms with E-state index in [1.807, 2.05) is 6.92 Å². The third-order valence-electron chi connectivity index (χ3n) is 2.84. The van der Waals surface area contributed by atoms with Gasteiger partial charge in [-0.05, 0) is 53.1 Å². The van der Waals surface area contributed by atoms with E-state index in [1.54, 1.807) is 0 Å². The summed E-state index contributed by atoms with van der Waals surface area (Å²) in [4.78, 5) is 2.45. The van der Waals surface area contributed by atoms with Gasteiger partial charge >= 0.3 is 0 Å². The summed E-state index contributed by atoms with van der Waals surface area (Å²) < 4.78 is 0. The number of rotatable bonds is 8. The minimum atomic E-state index is -0.686. The van der Waals surface area contributed by atoms with Gasteiger partial charge in [0.05, 0.1) is 5.60 Å². The molecule has 0 aromatic rings. The molecule has 0 amide bonds. The third kappa shape index (κ3) is 6.88. The molecule has 1 atom stereocenters. The van der Waals surface area contributed by atoms with E-state index in [4.69, 9.17) is 5.73 Å². The summed E-state index contributed by atoms with van der Waals surface area (Å²) in [5.74, 6) is 0. The van der Waals surface area contributed by atoms with Crippen LogP contribution in [0.5, 0.6) is 0 Å². The molecule has 3 N–H and O–H groups in total. The van der Waals surface area contributed by atoms with Gasteiger partial charge in [-0.3, -0.25) is 0 Å². The molecule has 0 heterocycles. The van der Waals surface area contributed by atoms with Crippen molar-refractivity contribution in [2.24, 2.45) is 5.73 Å². The van der Waals surface area contributed by atoms with Gasteiger partial charge in [0.1, 0.15) is 0 Å². The van der Waals surface area contributed by atoms with Crippen LogP contribution in [0.3, 0.4) is 0 Å². The molecule has 1 unspecified atom stereocenters. The fourth-order valence-electron chi connectivity index (χ4n) is 1.68. The van der Waals surface area contributed by atoms with E-state index in [2.05, 4.69) is 25.7 Å². The van der Waals surface area contributed by atoms with Crippen molar-refractivity contribution in [1.82, 2.24) is 4.90 Å². The summed E-state index contributed by atoms with van der Waals surface area (Å²) in [7, 11) is 0. The third-order valence-corrected chi connectivity index (χ3v) is 2.84. The predicted molar refractivity (Wildman–Crippen MR) is 65.9 cm³/mol. The first-order chi connectivity index (χ1) is 6.93. The van der Waals surface area contributed by atoms with Crippen molar-refractivity contribution in [2.45, 2.75) is 58.6 Å². The highest BCUT2D eigenvalue weighted by Gasteiger charge is 2.18. The Morgan fingerprint density at radius 3 is 2.33 bits per heavy atom. The molecule has 0 aliphatic rings. The molecule has 0 spiro atoms. The maximum atomic E-state index is 9.76. The summed E-state index contributed by atoms with van der Waals surface area (Å²) in [5.41, 5.74) is 4.79. The first-order valence-electron chi connectivity index (χ1n) is 6.09. The lowest BCUT2D eigenvalue weighted by Gasteiger charge is -2.28. The summed E-state index contributed by atoms with van der Waals surface area (Å²) in [6.07, 6.45) is 2.99. The largest absolute Gasteiger partial charge is 0.389 e. The molecule has 0 bridgehead atoms. The molecule has 0 aromatic carbocycles. The SMILES string of the molecule is CCCN(CCCC(C)(O)CN)C(C)C.